The molecule has 0 saturated heterocycles. The molecule has 1 aromatic carbocycles. The molecule has 0 bridgehead atoms. The van der Waals surface area contributed by atoms with Gasteiger partial charge in [0.05, 0.1) is 22.0 Å². The molecular formula is C18H18N4O4S2. The van der Waals surface area contributed by atoms with Crippen LogP contribution in [-0.2, 0) is 14.3 Å². The van der Waals surface area contributed by atoms with Crippen LogP contribution < -0.4 is 15.2 Å². The summed E-state index contributed by atoms with van der Waals surface area (Å²) in [6.07, 6.45) is 0. The van der Waals surface area contributed by atoms with E-state index in [4.69, 9.17) is 0 Å². The molecule has 10 heteroatoms. The van der Waals surface area contributed by atoms with Crippen LogP contribution in [0.5, 0.6) is 0 Å². The largest absolute Gasteiger partial charge is 0.459 e. The van der Waals surface area contributed by atoms with Gasteiger partial charge in [0, 0.05) is 12.4 Å². The van der Waals surface area contributed by atoms with Crippen LogP contribution in [0.15, 0.2) is 46.0 Å². The van der Waals surface area contributed by atoms with Crippen molar-refractivity contribution in [3.05, 3.63) is 47.5 Å². The van der Waals surface area contributed by atoms with Crippen LogP contribution in [0.2, 0.25) is 0 Å². The molecule has 0 radical (unpaired) electrons. The predicted molar refractivity (Wildman–Crippen MR) is 109 cm³/mol. The van der Waals surface area contributed by atoms with Gasteiger partial charge in [0.1, 0.15) is 5.69 Å². The minimum atomic E-state index is -1.06. The third-order valence-electron chi connectivity index (χ3n) is 3.69. The second kappa shape index (κ2) is 8.81. The average Bonchev–Trinajstić information content (AvgIpc) is 3.34. The molecule has 28 heavy (non-hydrogen) atoms. The Morgan fingerprint density at radius 1 is 1.21 bits per heavy atom. The SMILES string of the molecule is CCOC(=O)C(=O)NNC(=O)c1cc2cccc(N(C)Sc3cccs3)c2[nH]1. The highest BCUT2D eigenvalue weighted by Gasteiger charge is 2.18. The van der Waals surface area contributed by atoms with E-state index >= 15 is 0 Å². The maximum atomic E-state index is 12.3. The van der Waals surface area contributed by atoms with Gasteiger partial charge >= 0.3 is 11.9 Å². The fraction of sp³-hybridized carbons (Fsp3) is 0.167. The molecular weight excluding hydrogens is 400 g/mol. The summed E-state index contributed by atoms with van der Waals surface area (Å²) in [5.74, 6) is -2.68. The van der Waals surface area contributed by atoms with Crippen molar-refractivity contribution in [2.24, 2.45) is 0 Å². The molecule has 2 aromatic heterocycles. The third kappa shape index (κ3) is 4.46. The number of amides is 2. The van der Waals surface area contributed by atoms with Crippen molar-refractivity contribution in [2.45, 2.75) is 11.1 Å². The van der Waals surface area contributed by atoms with Crippen LogP contribution in [0.3, 0.4) is 0 Å². The Kier molecular flexibility index (Phi) is 6.22. The Morgan fingerprint density at radius 3 is 2.75 bits per heavy atom. The Morgan fingerprint density at radius 2 is 2.04 bits per heavy atom. The van der Waals surface area contributed by atoms with Crippen molar-refractivity contribution in [2.75, 3.05) is 18.0 Å². The number of rotatable bonds is 5. The van der Waals surface area contributed by atoms with E-state index < -0.39 is 17.8 Å². The van der Waals surface area contributed by atoms with E-state index in [1.807, 2.05) is 52.5 Å². The number of anilines is 1. The fourth-order valence-corrected chi connectivity index (χ4v) is 4.24. The van der Waals surface area contributed by atoms with Gasteiger partial charge in [0.2, 0.25) is 0 Å². The molecule has 0 fully saturated rings. The summed E-state index contributed by atoms with van der Waals surface area (Å²) < 4.78 is 7.71. The van der Waals surface area contributed by atoms with Gasteiger partial charge < -0.3 is 14.0 Å². The van der Waals surface area contributed by atoms with Crippen molar-refractivity contribution >= 4 is 57.7 Å². The number of carbonyl (C=O) groups is 3. The number of H-pyrrole nitrogens is 1. The lowest BCUT2D eigenvalue weighted by molar-refractivity contribution is -0.154. The molecule has 3 aromatic rings. The van der Waals surface area contributed by atoms with Crippen LogP contribution in [0.4, 0.5) is 5.69 Å². The molecule has 0 spiro atoms. The Hall–Kier alpha value is -2.98. The Bertz CT molecular complexity index is 1000. The van der Waals surface area contributed by atoms with E-state index in [0.717, 1.165) is 20.8 Å². The lowest BCUT2D eigenvalue weighted by Crippen LogP contribution is -2.45. The summed E-state index contributed by atoms with van der Waals surface area (Å²) in [4.78, 5) is 38.2. The van der Waals surface area contributed by atoms with Gasteiger partial charge in [-0.15, -0.1) is 11.3 Å². The zero-order chi connectivity index (χ0) is 20.1. The number of hydrogen-bond acceptors (Lipinski definition) is 7. The topological polar surface area (TPSA) is 104 Å². The molecule has 146 valence electrons. The van der Waals surface area contributed by atoms with Crippen LogP contribution in [-0.4, -0.2) is 36.4 Å². The lowest BCUT2D eigenvalue weighted by atomic mass is 10.2. The van der Waals surface area contributed by atoms with Crippen molar-refractivity contribution in [3.63, 3.8) is 0 Å². The highest BCUT2D eigenvalue weighted by Crippen LogP contribution is 2.34. The minimum absolute atomic E-state index is 0.0714. The average molecular weight is 419 g/mol. The number of thiophene rings is 1. The number of carbonyl (C=O) groups excluding carboxylic acids is 3. The van der Waals surface area contributed by atoms with Crippen molar-refractivity contribution in [3.8, 4) is 0 Å². The quantitative estimate of drug-likeness (QED) is 0.255. The van der Waals surface area contributed by atoms with Crippen LogP contribution >= 0.6 is 23.3 Å². The smallest absolute Gasteiger partial charge is 0.398 e. The summed E-state index contributed by atoms with van der Waals surface area (Å²) in [7, 11) is 1.94. The number of nitrogens with one attached hydrogen (secondary N) is 3. The van der Waals surface area contributed by atoms with Crippen LogP contribution in [0.25, 0.3) is 10.9 Å². The van der Waals surface area contributed by atoms with Gasteiger partial charge in [-0.2, -0.15) is 0 Å². The minimum Gasteiger partial charge on any atom is -0.459 e. The summed E-state index contributed by atoms with van der Waals surface area (Å²) in [6.45, 7) is 1.65. The maximum absolute atomic E-state index is 12.3. The van der Waals surface area contributed by atoms with Crippen molar-refractivity contribution in [1.82, 2.24) is 15.8 Å². The van der Waals surface area contributed by atoms with Gasteiger partial charge in [-0.1, -0.05) is 18.2 Å². The van der Waals surface area contributed by atoms with E-state index in [0.29, 0.717) is 0 Å². The first kappa shape index (κ1) is 19.8. The standard InChI is InChI=1S/C18H18N4O4S2/c1-3-26-18(25)17(24)21-20-16(23)12-10-11-6-4-7-13(15(11)19-12)22(2)28-14-8-5-9-27-14/h4-10,19H,3H2,1-2H3,(H,20,23)(H,21,24). The number of nitrogens with zero attached hydrogens (tertiary/aromatic N) is 1. The first-order valence-electron chi connectivity index (χ1n) is 8.34. The summed E-state index contributed by atoms with van der Waals surface area (Å²) in [6, 6.07) is 11.4. The van der Waals surface area contributed by atoms with Crippen LogP contribution in [0, 0.1) is 0 Å². The van der Waals surface area contributed by atoms with E-state index in [2.05, 4.69) is 15.1 Å². The van der Waals surface area contributed by atoms with Crippen LogP contribution in [0.1, 0.15) is 17.4 Å². The fourth-order valence-electron chi connectivity index (χ4n) is 2.45. The highest BCUT2D eigenvalue weighted by molar-refractivity contribution is 8.02. The number of benzene rings is 1. The zero-order valence-corrected chi connectivity index (χ0v) is 16.8. The highest BCUT2D eigenvalue weighted by atomic mass is 32.2. The lowest BCUT2D eigenvalue weighted by Gasteiger charge is -2.17. The first-order valence-corrected chi connectivity index (χ1v) is 9.99. The predicted octanol–water partition coefficient (Wildman–Crippen LogP) is 2.70. The molecule has 2 heterocycles. The van der Waals surface area contributed by atoms with Gasteiger partial charge in [0.25, 0.3) is 5.91 Å². The molecule has 8 nitrogen and oxygen atoms in total. The van der Waals surface area contributed by atoms with Gasteiger partial charge in [-0.3, -0.25) is 20.4 Å². The zero-order valence-electron chi connectivity index (χ0n) is 15.1. The third-order valence-corrected chi connectivity index (χ3v) is 5.65. The van der Waals surface area contributed by atoms with Gasteiger partial charge in [-0.05, 0) is 42.5 Å². The summed E-state index contributed by atoms with van der Waals surface area (Å²) in [5.41, 5.74) is 6.17. The summed E-state index contributed by atoms with van der Waals surface area (Å²) in [5, 5.41) is 2.86. The number of esters is 1. The second-order valence-corrected chi connectivity index (χ2v) is 7.95. The molecule has 0 saturated carbocycles. The number of hydrogen-bond donors (Lipinski definition) is 3. The van der Waals surface area contributed by atoms with E-state index in [-0.39, 0.29) is 12.3 Å². The molecule has 0 aliphatic heterocycles. The van der Waals surface area contributed by atoms with E-state index in [9.17, 15) is 14.4 Å². The van der Waals surface area contributed by atoms with Gasteiger partial charge in [0.15, 0.2) is 0 Å². The number of aromatic amines is 1. The first-order chi connectivity index (χ1) is 13.5. The molecule has 0 atom stereocenters. The number of aromatic nitrogens is 1. The van der Waals surface area contributed by atoms with E-state index in [1.165, 1.54) is 0 Å². The Balaban J connectivity index is 1.74. The summed E-state index contributed by atoms with van der Waals surface area (Å²) >= 11 is 3.23. The van der Waals surface area contributed by atoms with Gasteiger partial charge in [-0.25, -0.2) is 4.79 Å². The number of fused-ring (bicyclic) bond motifs is 1. The number of hydrazine groups is 1. The molecule has 3 rings (SSSR count). The molecule has 2 amide bonds. The second-order valence-electron chi connectivity index (χ2n) is 5.57. The molecule has 3 N–H and O–H groups in total. The normalized spacial score (nSPS) is 10.5. The van der Waals surface area contributed by atoms with Crippen molar-refractivity contribution in [1.29, 1.82) is 0 Å². The number of para-hydroxylation sites is 1. The Labute approximate surface area is 169 Å². The molecule has 0 aliphatic rings. The molecule has 0 unspecified atom stereocenters. The number of ether oxygens (including phenoxy) is 1. The van der Waals surface area contributed by atoms with Crippen molar-refractivity contribution < 1.29 is 19.1 Å². The monoisotopic (exact) mass is 418 g/mol. The maximum Gasteiger partial charge on any atom is 0.398 e. The van der Waals surface area contributed by atoms with E-state index in [1.54, 1.807) is 36.3 Å². The molecule has 0 aliphatic carbocycles.